The molecule has 4 heteroatoms. The number of likely N-dealkylation sites (tertiary alicyclic amines) is 2. The van der Waals surface area contributed by atoms with Gasteiger partial charge in [-0.2, -0.15) is 0 Å². The Hall–Kier alpha value is -1.39. The van der Waals surface area contributed by atoms with E-state index in [9.17, 15) is 4.79 Å². The molecule has 1 aromatic rings. The molecule has 0 aromatic heterocycles. The van der Waals surface area contributed by atoms with E-state index >= 15 is 0 Å². The van der Waals surface area contributed by atoms with Crippen LogP contribution in [0.15, 0.2) is 30.3 Å². The van der Waals surface area contributed by atoms with Crippen LogP contribution in [0.2, 0.25) is 0 Å². The minimum absolute atomic E-state index is 0.219. The third-order valence-corrected chi connectivity index (χ3v) is 5.84. The summed E-state index contributed by atoms with van der Waals surface area (Å²) in [7, 11) is 0. The molecule has 0 spiro atoms. The molecule has 0 atom stereocenters. The van der Waals surface area contributed by atoms with Gasteiger partial charge in [0, 0.05) is 19.1 Å². The Labute approximate surface area is 152 Å². The fraction of sp³-hybridized carbons (Fsp3) is 0.667. The van der Waals surface area contributed by atoms with Crippen LogP contribution >= 0.6 is 0 Å². The number of amides is 1. The number of carbonyl (C=O) groups excluding carboxylic acids is 1. The van der Waals surface area contributed by atoms with Gasteiger partial charge in [-0.25, -0.2) is 0 Å². The monoisotopic (exact) mass is 343 g/mol. The molecule has 0 unspecified atom stereocenters. The van der Waals surface area contributed by atoms with Crippen molar-refractivity contribution in [2.24, 2.45) is 5.92 Å². The number of hydrogen-bond acceptors (Lipinski definition) is 3. The maximum Gasteiger partial charge on any atom is 0.234 e. The van der Waals surface area contributed by atoms with E-state index in [2.05, 4.69) is 52.4 Å². The highest BCUT2D eigenvalue weighted by molar-refractivity contribution is 5.78. The molecule has 138 valence electrons. The molecule has 2 heterocycles. The van der Waals surface area contributed by atoms with Gasteiger partial charge in [-0.3, -0.25) is 9.69 Å². The number of piperidine rings is 2. The average Bonchev–Trinajstić information content (AvgIpc) is 2.65. The maximum absolute atomic E-state index is 12.3. The van der Waals surface area contributed by atoms with Crippen molar-refractivity contribution in [3.8, 4) is 0 Å². The molecule has 0 bridgehead atoms. The lowest BCUT2D eigenvalue weighted by atomic mass is 9.90. The summed E-state index contributed by atoms with van der Waals surface area (Å²) in [5, 5.41) is 3.25. The number of hydrogen-bond donors (Lipinski definition) is 1. The van der Waals surface area contributed by atoms with Crippen LogP contribution in [-0.2, 0) is 11.2 Å². The topological polar surface area (TPSA) is 35.6 Å². The van der Waals surface area contributed by atoms with Crippen LogP contribution in [0, 0.1) is 5.92 Å². The molecule has 0 radical (unpaired) electrons. The lowest BCUT2D eigenvalue weighted by Gasteiger charge is -2.34. The Bertz CT molecular complexity index is 517. The van der Waals surface area contributed by atoms with Gasteiger partial charge in [0.2, 0.25) is 5.91 Å². The van der Waals surface area contributed by atoms with Crippen LogP contribution in [0.4, 0.5) is 0 Å². The van der Waals surface area contributed by atoms with Gasteiger partial charge in [0.25, 0.3) is 0 Å². The van der Waals surface area contributed by atoms with E-state index in [0.717, 1.165) is 51.5 Å². The lowest BCUT2D eigenvalue weighted by Crippen LogP contribution is -2.48. The first kappa shape index (κ1) is 18.4. The van der Waals surface area contributed by atoms with Gasteiger partial charge in [0.1, 0.15) is 0 Å². The second kappa shape index (κ2) is 9.35. The molecule has 2 fully saturated rings. The SMILES string of the molecule is CCN1CCC(NC(=O)CN2CCC(Cc3ccccc3)CC2)CC1. The van der Waals surface area contributed by atoms with E-state index in [1.54, 1.807) is 0 Å². The summed E-state index contributed by atoms with van der Waals surface area (Å²) in [5.41, 5.74) is 1.44. The Balaban J connectivity index is 1.34. The minimum atomic E-state index is 0.219. The van der Waals surface area contributed by atoms with Crippen molar-refractivity contribution < 1.29 is 4.79 Å². The first-order valence-corrected chi connectivity index (χ1v) is 10.0. The normalized spacial score (nSPS) is 21.3. The molecular weight excluding hydrogens is 310 g/mol. The molecule has 3 rings (SSSR count). The minimum Gasteiger partial charge on any atom is -0.352 e. The lowest BCUT2D eigenvalue weighted by molar-refractivity contribution is -0.123. The van der Waals surface area contributed by atoms with Gasteiger partial charge in [-0.15, -0.1) is 0 Å². The van der Waals surface area contributed by atoms with E-state index in [1.807, 2.05) is 0 Å². The van der Waals surface area contributed by atoms with Crippen molar-refractivity contribution in [2.45, 2.75) is 45.1 Å². The third-order valence-electron chi connectivity index (χ3n) is 5.84. The molecule has 2 saturated heterocycles. The number of nitrogens with zero attached hydrogens (tertiary/aromatic N) is 2. The molecule has 2 aliphatic heterocycles. The second-order valence-corrected chi connectivity index (χ2v) is 7.69. The molecule has 0 aliphatic carbocycles. The van der Waals surface area contributed by atoms with Crippen LogP contribution in [0.1, 0.15) is 38.2 Å². The third kappa shape index (κ3) is 5.82. The summed E-state index contributed by atoms with van der Waals surface area (Å²) >= 11 is 0. The quantitative estimate of drug-likeness (QED) is 0.862. The Morgan fingerprint density at radius 3 is 2.28 bits per heavy atom. The second-order valence-electron chi connectivity index (χ2n) is 7.69. The summed E-state index contributed by atoms with van der Waals surface area (Å²) in [6, 6.07) is 11.2. The highest BCUT2D eigenvalue weighted by Gasteiger charge is 2.23. The van der Waals surface area contributed by atoms with E-state index < -0.39 is 0 Å². The molecule has 1 aromatic carbocycles. The van der Waals surface area contributed by atoms with Crippen molar-refractivity contribution >= 4 is 5.91 Å². The predicted octanol–water partition coefficient (Wildman–Crippen LogP) is 2.54. The maximum atomic E-state index is 12.3. The fourth-order valence-electron chi connectivity index (χ4n) is 4.17. The average molecular weight is 344 g/mol. The van der Waals surface area contributed by atoms with Crippen LogP contribution in [0.3, 0.4) is 0 Å². The molecule has 2 aliphatic rings. The molecule has 1 amide bonds. The molecule has 1 N–H and O–H groups in total. The zero-order valence-corrected chi connectivity index (χ0v) is 15.6. The zero-order valence-electron chi connectivity index (χ0n) is 15.6. The predicted molar refractivity (Wildman–Crippen MR) is 103 cm³/mol. The largest absolute Gasteiger partial charge is 0.352 e. The van der Waals surface area contributed by atoms with Gasteiger partial charge in [-0.05, 0) is 63.2 Å². The Kier molecular flexibility index (Phi) is 6.88. The molecule has 25 heavy (non-hydrogen) atoms. The Morgan fingerprint density at radius 1 is 1.00 bits per heavy atom. The van der Waals surface area contributed by atoms with E-state index in [1.165, 1.54) is 24.8 Å². The molecule has 4 nitrogen and oxygen atoms in total. The van der Waals surface area contributed by atoms with Crippen LogP contribution in [0.25, 0.3) is 0 Å². The van der Waals surface area contributed by atoms with E-state index in [-0.39, 0.29) is 5.91 Å². The summed E-state index contributed by atoms with van der Waals surface area (Å²) in [5.74, 6) is 0.983. The fourth-order valence-corrected chi connectivity index (χ4v) is 4.17. The van der Waals surface area contributed by atoms with Crippen molar-refractivity contribution in [3.63, 3.8) is 0 Å². The zero-order chi connectivity index (χ0) is 17.5. The number of benzene rings is 1. The number of rotatable bonds is 6. The smallest absolute Gasteiger partial charge is 0.234 e. The van der Waals surface area contributed by atoms with Gasteiger partial charge < -0.3 is 10.2 Å². The highest BCUT2D eigenvalue weighted by atomic mass is 16.2. The molecule has 0 saturated carbocycles. The van der Waals surface area contributed by atoms with Crippen molar-refractivity contribution in [2.75, 3.05) is 39.3 Å². The number of nitrogens with one attached hydrogen (secondary N) is 1. The van der Waals surface area contributed by atoms with Crippen LogP contribution in [0.5, 0.6) is 0 Å². The van der Waals surface area contributed by atoms with Crippen LogP contribution in [-0.4, -0.2) is 61.0 Å². The van der Waals surface area contributed by atoms with Gasteiger partial charge in [-0.1, -0.05) is 37.3 Å². The standard InChI is InChI=1S/C21H33N3O/c1-2-23-14-10-20(11-15-23)22-21(25)17-24-12-8-19(9-13-24)16-18-6-4-3-5-7-18/h3-7,19-20H,2,8-17H2,1H3,(H,22,25). The summed E-state index contributed by atoms with van der Waals surface area (Å²) < 4.78 is 0. The van der Waals surface area contributed by atoms with Crippen LogP contribution < -0.4 is 5.32 Å². The van der Waals surface area contributed by atoms with E-state index in [4.69, 9.17) is 0 Å². The van der Waals surface area contributed by atoms with Gasteiger partial charge in [0.15, 0.2) is 0 Å². The first-order valence-electron chi connectivity index (χ1n) is 10.0. The van der Waals surface area contributed by atoms with Crippen molar-refractivity contribution in [3.05, 3.63) is 35.9 Å². The summed E-state index contributed by atoms with van der Waals surface area (Å²) in [6.07, 6.45) is 5.78. The van der Waals surface area contributed by atoms with Crippen molar-refractivity contribution in [1.29, 1.82) is 0 Å². The van der Waals surface area contributed by atoms with Gasteiger partial charge >= 0.3 is 0 Å². The Morgan fingerprint density at radius 2 is 1.64 bits per heavy atom. The number of carbonyl (C=O) groups is 1. The highest BCUT2D eigenvalue weighted by Crippen LogP contribution is 2.21. The summed E-state index contributed by atoms with van der Waals surface area (Å²) in [4.78, 5) is 17.1. The van der Waals surface area contributed by atoms with Gasteiger partial charge in [0.05, 0.1) is 6.54 Å². The molecular formula is C21H33N3O. The van der Waals surface area contributed by atoms with Crippen molar-refractivity contribution in [1.82, 2.24) is 15.1 Å². The summed E-state index contributed by atoms with van der Waals surface area (Å²) in [6.45, 7) is 8.25. The van der Waals surface area contributed by atoms with E-state index in [0.29, 0.717) is 12.6 Å². The first-order chi connectivity index (χ1) is 12.2.